The maximum absolute atomic E-state index is 5.76. The summed E-state index contributed by atoms with van der Waals surface area (Å²) in [5, 5.41) is 11.7. The Hall–Kier alpha value is -2.36. The van der Waals surface area contributed by atoms with Crippen LogP contribution in [0.5, 0.6) is 0 Å². The SMILES string of the molecule is Nc1cccc2ccccc12.c1cn[nH]n1. The average molecular weight is 212 g/mol. The maximum Gasteiger partial charge on any atom is 0.0690 e. The molecule has 0 fully saturated rings. The number of nitrogen functional groups attached to an aromatic ring is 1. The molecule has 0 unspecified atom stereocenters. The fourth-order valence-corrected chi connectivity index (χ4v) is 1.42. The number of hydrogen-bond donors (Lipinski definition) is 2. The second-order valence-electron chi connectivity index (χ2n) is 3.22. The highest BCUT2D eigenvalue weighted by Gasteiger charge is 1.92. The molecule has 0 atom stereocenters. The van der Waals surface area contributed by atoms with E-state index in [4.69, 9.17) is 5.73 Å². The molecule has 0 aliphatic carbocycles. The molecule has 0 saturated carbocycles. The van der Waals surface area contributed by atoms with Gasteiger partial charge < -0.3 is 5.73 Å². The molecular weight excluding hydrogens is 200 g/mol. The van der Waals surface area contributed by atoms with Crippen LogP contribution in [0.15, 0.2) is 54.9 Å². The molecule has 0 aliphatic heterocycles. The average Bonchev–Trinajstić information content (AvgIpc) is 2.88. The molecular formula is C12H12N4. The van der Waals surface area contributed by atoms with E-state index in [0.29, 0.717) is 0 Å². The smallest absolute Gasteiger partial charge is 0.0690 e. The van der Waals surface area contributed by atoms with E-state index in [1.807, 2.05) is 30.3 Å². The van der Waals surface area contributed by atoms with Crippen molar-refractivity contribution in [2.24, 2.45) is 0 Å². The van der Waals surface area contributed by atoms with Crippen molar-refractivity contribution >= 4 is 16.5 Å². The molecule has 3 aromatic rings. The van der Waals surface area contributed by atoms with Crippen LogP contribution in [0.4, 0.5) is 5.69 Å². The number of hydrogen-bond acceptors (Lipinski definition) is 3. The molecule has 0 amide bonds. The first-order valence-corrected chi connectivity index (χ1v) is 4.91. The zero-order chi connectivity index (χ0) is 11.2. The third kappa shape index (κ3) is 2.36. The summed E-state index contributed by atoms with van der Waals surface area (Å²) in [6.45, 7) is 0. The molecule has 2 aromatic carbocycles. The molecule has 0 spiro atoms. The second kappa shape index (κ2) is 4.93. The van der Waals surface area contributed by atoms with Crippen LogP contribution < -0.4 is 5.73 Å². The predicted octanol–water partition coefficient (Wildman–Crippen LogP) is 2.23. The Labute approximate surface area is 93.1 Å². The Balaban J connectivity index is 0.000000162. The number of nitrogens with zero attached hydrogens (tertiary/aromatic N) is 2. The minimum Gasteiger partial charge on any atom is -0.398 e. The summed E-state index contributed by atoms with van der Waals surface area (Å²) in [5.41, 5.74) is 6.61. The summed E-state index contributed by atoms with van der Waals surface area (Å²) in [6.07, 6.45) is 3.17. The third-order valence-corrected chi connectivity index (χ3v) is 2.15. The maximum atomic E-state index is 5.76. The van der Waals surface area contributed by atoms with Crippen LogP contribution in [0.25, 0.3) is 10.8 Å². The molecule has 0 radical (unpaired) electrons. The predicted molar refractivity (Wildman–Crippen MR) is 64.7 cm³/mol. The number of rotatable bonds is 0. The molecule has 80 valence electrons. The summed E-state index contributed by atoms with van der Waals surface area (Å²) < 4.78 is 0. The van der Waals surface area contributed by atoms with Gasteiger partial charge in [-0.1, -0.05) is 36.4 Å². The first-order chi connectivity index (χ1) is 7.88. The summed E-state index contributed by atoms with van der Waals surface area (Å²) in [6, 6.07) is 14.1. The lowest BCUT2D eigenvalue weighted by atomic mass is 10.1. The van der Waals surface area contributed by atoms with Gasteiger partial charge in [0.15, 0.2) is 0 Å². The van der Waals surface area contributed by atoms with Crippen molar-refractivity contribution in [1.29, 1.82) is 0 Å². The van der Waals surface area contributed by atoms with Crippen molar-refractivity contribution < 1.29 is 0 Å². The number of nitrogens with one attached hydrogen (secondary N) is 1. The molecule has 0 aliphatic rings. The summed E-state index contributed by atoms with van der Waals surface area (Å²) in [5.74, 6) is 0. The Bertz CT molecular complexity index is 523. The van der Waals surface area contributed by atoms with E-state index in [1.165, 1.54) is 5.39 Å². The summed E-state index contributed by atoms with van der Waals surface area (Å²) in [7, 11) is 0. The minimum absolute atomic E-state index is 0.850. The van der Waals surface area contributed by atoms with E-state index >= 15 is 0 Å². The van der Waals surface area contributed by atoms with Gasteiger partial charge in [0.2, 0.25) is 0 Å². The van der Waals surface area contributed by atoms with Gasteiger partial charge in [-0.05, 0) is 11.5 Å². The number of H-pyrrole nitrogens is 1. The van der Waals surface area contributed by atoms with Crippen LogP contribution in [-0.2, 0) is 0 Å². The van der Waals surface area contributed by atoms with Crippen molar-refractivity contribution in [3.8, 4) is 0 Å². The lowest BCUT2D eigenvalue weighted by Gasteiger charge is -1.98. The topological polar surface area (TPSA) is 67.6 Å². The van der Waals surface area contributed by atoms with Crippen molar-refractivity contribution in [3.63, 3.8) is 0 Å². The number of aromatic amines is 1. The molecule has 0 saturated heterocycles. The Morgan fingerprint density at radius 2 is 1.56 bits per heavy atom. The first-order valence-electron chi connectivity index (χ1n) is 4.91. The van der Waals surface area contributed by atoms with Crippen LogP contribution in [0.3, 0.4) is 0 Å². The molecule has 3 N–H and O–H groups in total. The number of anilines is 1. The Kier molecular flexibility index (Phi) is 3.13. The summed E-state index contributed by atoms with van der Waals surface area (Å²) in [4.78, 5) is 0. The third-order valence-electron chi connectivity index (χ3n) is 2.15. The van der Waals surface area contributed by atoms with Crippen LogP contribution in [-0.4, -0.2) is 15.4 Å². The van der Waals surface area contributed by atoms with Crippen LogP contribution in [0.1, 0.15) is 0 Å². The van der Waals surface area contributed by atoms with E-state index in [9.17, 15) is 0 Å². The van der Waals surface area contributed by atoms with Crippen LogP contribution in [0, 0.1) is 0 Å². The fourth-order valence-electron chi connectivity index (χ4n) is 1.42. The van der Waals surface area contributed by atoms with Gasteiger partial charge in [0, 0.05) is 11.1 Å². The standard InChI is InChI=1S/C10H9N.C2H3N3/c11-10-7-3-5-8-4-1-2-6-9(8)10;1-2-4-5-3-1/h1-7H,11H2;1-2H,(H,3,4,5). The highest BCUT2D eigenvalue weighted by Crippen LogP contribution is 2.19. The Morgan fingerprint density at radius 3 is 2.19 bits per heavy atom. The number of benzene rings is 2. The van der Waals surface area contributed by atoms with E-state index < -0.39 is 0 Å². The van der Waals surface area contributed by atoms with Gasteiger partial charge in [-0.2, -0.15) is 15.4 Å². The van der Waals surface area contributed by atoms with E-state index in [0.717, 1.165) is 11.1 Å². The van der Waals surface area contributed by atoms with Gasteiger partial charge >= 0.3 is 0 Å². The van der Waals surface area contributed by atoms with Crippen LogP contribution >= 0.6 is 0 Å². The normalized spacial score (nSPS) is 9.50. The number of fused-ring (bicyclic) bond motifs is 1. The van der Waals surface area contributed by atoms with Crippen molar-refractivity contribution in [2.45, 2.75) is 0 Å². The molecule has 16 heavy (non-hydrogen) atoms. The zero-order valence-corrected chi connectivity index (χ0v) is 8.67. The lowest BCUT2D eigenvalue weighted by Crippen LogP contribution is -1.84. The van der Waals surface area contributed by atoms with Crippen molar-refractivity contribution in [2.75, 3.05) is 5.73 Å². The highest BCUT2D eigenvalue weighted by molar-refractivity contribution is 5.92. The van der Waals surface area contributed by atoms with E-state index in [1.54, 1.807) is 12.4 Å². The number of nitrogens with two attached hydrogens (primary N) is 1. The molecule has 1 aromatic heterocycles. The highest BCUT2D eigenvalue weighted by atomic mass is 15.3. The Morgan fingerprint density at radius 1 is 0.875 bits per heavy atom. The minimum atomic E-state index is 0.850. The largest absolute Gasteiger partial charge is 0.398 e. The molecule has 3 rings (SSSR count). The number of aromatic nitrogens is 3. The monoisotopic (exact) mass is 212 g/mol. The van der Waals surface area contributed by atoms with Gasteiger partial charge in [-0.3, -0.25) is 0 Å². The summed E-state index contributed by atoms with van der Waals surface area (Å²) >= 11 is 0. The zero-order valence-electron chi connectivity index (χ0n) is 8.67. The fraction of sp³-hybridized carbons (Fsp3) is 0. The van der Waals surface area contributed by atoms with Gasteiger partial charge in [-0.15, -0.1) is 0 Å². The van der Waals surface area contributed by atoms with Gasteiger partial charge in [0.05, 0.1) is 12.4 Å². The second-order valence-corrected chi connectivity index (χ2v) is 3.22. The van der Waals surface area contributed by atoms with Gasteiger partial charge in [0.25, 0.3) is 0 Å². The van der Waals surface area contributed by atoms with E-state index in [2.05, 4.69) is 27.5 Å². The van der Waals surface area contributed by atoms with Crippen molar-refractivity contribution in [1.82, 2.24) is 15.4 Å². The lowest BCUT2D eigenvalue weighted by molar-refractivity contribution is 0.940. The van der Waals surface area contributed by atoms with Gasteiger partial charge in [-0.25, -0.2) is 0 Å². The quantitative estimate of drug-likeness (QED) is 0.561. The molecule has 4 heteroatoms. The van der Waals surface area contributed by atoms with E-state index in [-0.39, 0.29) is 0 Å². The van der Waals surface area contributed by atoms with Crippen LogP contribution in [0.2, 0.25) is 0 Å². The molecule has 1 heterocycles. The molecule has 4 nitrogen and oxygen atoms in total. The van der Waals surface area contributed by atoms with Gasteiger partial charge in [0.1, 0.15) is 0 Å². The molecule has 0 bridgehead atoms. The first kappa shape index (κ1) is 10.2. The van der Waals surface area contributed by atoms with Crippen molar-refractivity contribution in [3.05, 3.63) is 54.9 Å².